The first-order valence-corrected chi connectivity index (χ1v) is 9.36. The van der Waals surface area contributed by atoms with E-state index in [1.807, 2.05) is 22.4 Å². The number of carboxylic acids is 1. The first-order valence-electron chi connectivity index (χ1n) is 8.48. The van der Waals surface area contributed by atoms with Crippen LogP contribution in [0.1, 0.15) is 38.4 Å². The van der Waals surface area contributed by atoms with E-state index in [2.05, 4.69) is 5.32 Å². The minimum atomic E-state index is -1.12. The predicted molar refractivity (Wildman–Crippen MR) is 98.5 cm³/mol. The summed E-state index contributed by atoms with van der Waals surface area (Å²) in [6.07, 6.45) is 1.75. The molecule has 1 fully saturated rings. The van der Waals surface area contributed by atoms with E-state index in [-0.39, 0.29) is 29.0 Å². The lowest BCUT2D eigenvalue weighted by molar-refractivity contribution is -0.131. The second-order valence-electron chi connectivity index (χ2n) is 6.24. The summed E-state index contributed by atoms with van der Waals surface area (Å²) in [6, 6.07) is 10.0. The minimum Gasteiger partial charge on any atom is -0.478 e. The van der Waals surface area contributed by atoms with Gasteiger partial charge in [-0.1, -0.05) is 18.2 Å². The number of carbonyl (C=O) groups is 3. The van der Waals surface area contributed by atoms with Crippen molar-refractivity contribution in [2.45, 2.75) is 25.3 Å². The van der Waals surface area contributed by atoms with Gasteiger partial charge in [-0.15, -0.1) is 11.3 Å². The summed E-state index contributed by atoms with van der Waals surface area (Å²) >= 11 is 1.57. The number of aromatic carboxylic acids is 1. The fourth-order valence-corrected chi connectivity index (χ4v) is 3.77. The maximum absolute atomic E-state index is 12.4. The molecule has 2 heterocycles. The molecule has 1 aromatic carbocycles. The van der Waals surface area contributed by atoms with Crippen molar-refractivity contribution in [2.75, 3.05) is 13.1 Å². The summed E-state index contributed by atoms with van der Waals surface area (Å²) in [6.45, 7) is 1.19. The number of amides is 2. The average Bonchev–Trinajstić information content (AvgIpc) is 3.15. The molecule has 0 saturated carbocycles. The van der Waals surface area contributed by atoms with Gasteiger partial charge in [0.05, 0.1) is 17.5 Å². The number of nitrogens with one attached hydrogen (secondary N) is 1. The molecule has 0 unspecified atom stereocenters. The van der Waals surface area contributed by atoms with Crippen LogP contribution < -0.4 is 5.32 Å². The van der Waals surface area contributed by atoms with Crippen LogP contribution in [0.15, 0.2) is 41.8 Å². The van der Waals surface area contributed by atoms with Crippen molar-refractivity contribution in [3.63, 3.8) is 0 Å². The summed E-state index contributed by atoms with van der Waals surface area (Å²) in [4.78, 5) is 38.8. The van der Waals surface area contributed by atoms with Gasteiger partial charge < -0.3 is 15.3 Å². The molecule has 1 aliphatic heterocycles. The van der Waals surface area contributed by atoms with Gasteiger partial charge in [-0.3, -0.25) is 9.59 Å². The molecule has 1 aromatic heterocycles. The van der Waals surface area contributed by atoms with E-state index in [0.717, 1.165) is 4.88 Å². The molecule has 136 valence electrons. The van der Waals surface area contributed by atoms with Crippen molar-refractivity contribution in [2.24, 2.45) is 0 Å². The molecule has 0 aliphatic carbocycles. The number of nitrogens with zero attached hydrogens (tertiary/aromatic N) is 1. The molecular formula is C19H20N2O4S. The van der Waals surface area contributed by atoms with Gasteiger partial charge in [-0.05, 0) is 36.4 Å². The molecule has 26 heavy (non-hydrogen) atoms. The van der Waals surface area contributed by atoms with Gasteiger partial charge in [0.1, 0.15) is 0 Å². The SMILES string of the molecule is O=C(O)c1ccccc1C(=O)NC1CCN(C(=O)Cc2cccs2)CC1. The Labute approximate surface area is 155 Å². The lowest BCUT2D eigenvalue weighted by atomic mass is 10.0. The normalized spacial score (nSPS) is 14.8. The number of benzene rings is 1. The Balaban J connectivity index is 1.53. The fraction of sp³-hybridized carbons (Fsp3) is 0.316. The van der Waals surface area contributed by atoms with Gasteiger partial charge in [0.15, 0.2) is 0 Å². The number of hydrogen-bond acceptors (Lipinski definition) is 4. The van der Waals surface area contributed by atoms with E-state index in [4.69, 9.17) is 0 Å². The van der Waals surface area contributed by atoms with Gasteiger partial charge in [0.2, 0.25) is 5.91 Å². The van der Waals surface area contributed by atoms with Crippen LogP contribution in [-0.2, 0) is 11.2 Å². The summed E-state index contributed by atoms with van der Waals surface area (Å²) in [7, 11) is 0. The number of rotatable bonds is 5. The van der Waals surface area contributed by atoms with Crippen LogP contribution >= 0.6 is 11.3 Å². The number of thiophene rings is 1. The molecule has 6 nitrogen and oxygen atoms in total. The van der Waals surface area contributed by atoms with E-state index >= 15 is 0 Å². The van der Waals surface area contributed by atoms with Crippen LogP contribution in [0.5, 0.6) is 0 Å². The second kappa shape index (κ2) is 8.14. The molecular weight excluding hydrogens is 352 g/mol. The van der Waals surface area contributed by atoms with Crippen LogP contribution in [0, 0.1) is 0 Å². The zero-order valence-electron chi connectivity index (χ0n) is 14.2. The van der Waals surface area contributed by atoms with Crippen LogP contribution in [0.2, 0.25) is 0 Å². The molecule has 2 N–H and O–H groups in total. The number of carboxylic acid groups (broad SMARTS) is 1. The van der Waals surface area contributed by atoms with E-state index in [9.17, 15) is 19.5 Å². The van der Waals surface area contributed by atoms with Crippen molar-refractivity contribution in [3.8, 4) is 0 Å². The molecule has 1 aliphatic rings. The molecule has 0 atom stereocenters. The number of piperidine rings is 1. The molecule has 7 heteroatoms. The Morgan fingerprint density at radius 3 is 2.38 bits per heavy atom. The highest BCUT2D eigenvalue weighted by molar-refractivity contribution is 7.10. The third-order valence-corrected chi connectivity index (χ3v) is 5.37. The maximum Gasteiger partial charge on any atom is 0.336 e. The second-order valence-corrected chi connectivity index (χ2v) is 7.27. The summed E-state index contributed by atoms with van der Waals surface area (Å²) in [5.41, 5.74) is 0.157. The van der Waals surface area contributed by atoms with Crippen molar-refractivity contribution < 1.29 is 19.5 Å². The molecule has 0 bridgehead atoms. The highest BCUT2D eigenvalue weighted by Crippen LogP contribution is 2.16. The third kappa shape index (κ3) is 4.29. The summed E-state index contributed by atoms with van der Waals surface area (Å²) in [5.74, 6) is -1.40. The molecule has 2 aromatic rings. The number of hydrogen-bond donors (Lipinski definition) is 2. The van der Waals surface area contributed by atoms with Gasteiger partial charge in [-0.25, -0.2) is 4.79 Å². The standard InChI is InChI=1S/C19H20N2O4S/c22-17(12-14-4-3-11-26-14)21-9-7-13(8-10-21)20-18(23)15-5-1-2-6-16(15)19(24)25/h1-6,11,13H,7-10,12H2,(H,20,23)(H,24,25). The highest BCUT2D eigenvalue weighted by Gasteiger charge is 2.25. The van der Waals surface area contributed by atoms with Crippen LogP contribution in [0.3, 0.4) is 0 Å². The average molecular weight is 372 g/mol. The fourth-order valence-electron chi connectivity index (χ4n) is 3.08. The Morgan fingerprint density at radius 2 is 1.77 bits per heavy atom. The predicted octanol–water partition coefficient (Wildman–Crippen LogP) is 2.41. The molecule has 0 radical (unpaired) electrons. The molecule has 2 amide bonds. The Morgan fingerprint density at radius 1 is 1.08 bits per heavy atom. The zero-order valence-corrected chi connectivity index (χ0v) is 15.0. The van der Waals surface area contributed by atoms with Crippen molar-refractivity contribution in [1.29, 1.82) is 0 Å². The molecule has 0 spiro atoms. The van der Waals surface area contributed by atoms with Crippen molar-refractivity contribution in [1.82, 2.24) is 10.2 Å². The maximum atomic E-state index is 12.4. The van der Waals surface area contributed by atoms with Gasteiger partial charge in [0, 0.05) is 24.0 Å². The van der Waals surface area contributed by atoms with Crippen LogP contribution in [0.4, 0.5) is 0 Å². The molecule has 1 saturated heterocycles. The van der Waals surface area contributed by atoms with Gasteiger partial charge in [0.25, 0.3) is 5.91 Å². The van der Waals surface area contributed by atoms with Crippen molar-refractivity contribution in [3.05, 3.63) is 57.8 Å². The first-order chi connectivity index (χ1) is 12.5. The topological polar surface area (TPSA) is 86.7 Å². The van der Waals surface area contributed by atoms with E-state index in [0.29, 0.717) is 32.4 Å². The third-order valence-electron chi connectivity index (χ3n) is 4.49. The number of likely N-dealkylation sites (tertiary alicyclic amines) is 1. The van der Waals surface area contributed by atoms with Crippen LogP contribution in [0.25, 0.3) is 0 Å². The Hall–Kier alpha value is -2.67. The molecule has 3 rings (SSSR count). The quantitative estimate of drug-likeness (QED) is 0.844. The Bertz CT molecular complexity index is 796. The lowest BCUT2D eigenvalue weighted by Crippen LogP contribution is -2.47. The highest BCUT2D eigenvalue weighted by atomic mass is 32.1. The summed E-state index contributed by atoms with van der Waals surface area (Å²) in [5, 5.41) is 14.1. The zero-order chi connectivity index (χ0) is 18.5. The minimum absolute atomic E-state index is 0.00596. The van der Waals surface area contributed by atoms with Gasteiger partial charge >= 0.3 is 5.97 Å². The van der Waals surface area contributed by atoms with E-state index in [1.54, 1.807) is 23.5 Å². The Kier molecular flexibility index (Phi) is 5.68. The van der Waals surface area contributed by atoms with E-state index < -0.39 is 5.97 Å². The van der Waals surface area contributed by atoms with Crippen LogP contribution in [-0.4, -0.2) is 46.9 Å². The lowest BCUT2D eigenvalue weighted by Gasteiger charge is -2.32. The monoisotopic (exact) mass is 372 g/mol. The summed E-state index contributed by atoms with van der Waals surface area (Å²) < 4.78 is 0. The first kappa shape index (κ1) is 18.1. The smallest absolute Gasteiger partial charge is 0.336 e. The van der Waals surface area contributed by atoms with Crippen molar-refractivity contribution >= 4 is 29.1 Å². The largest absolute Gasteiger partial charge is 0.478 e. The van der Waals surface area contributed by atoms with E-state index in [1.165, 1.54) is 12.1 Å². The van der Waals surface area contributed by atoms with Gasteiger partial charge in [-0.2, -0.15) is 0 Å². The number of carbonyl (C=O) groups excluding carboxylic acids is 2.